The van der Waals surface area contributed by atoms with E-state index >= 15 is 0 Å². The van der Waals surface area contributed by atoms with Crippen molar-refractivity contribution >= 4 is 0 Å². The first-order chi connectivity index (χ1) is 9.28. The first-order valence-electron chi connectivity index (χ1n) is 6.94. The lowest BCUT2D eigenvalue weighted by Crippen LogP contribution is -2.36. The lowest BCUT2D eigenvalue weighted by Gasteiger charge is -2.29. The summed E-state index contributed by atoms with van der Waals surface area (Å²) in [7, 11) is 0. The Morgan fingerprint density at radius 2 is 2.00 bits per heavy atom. The maximum Gasteiger partial charge on any atom is 0.573 e. The third-order valence-electron chi connectivity index (χ3n) is 4.05. The average molecular weight is 287 g/mol. The number of halogens is 3. The number of ether oxygens (including phenoxy) is 1. The van der Waals surface area contributed by atoms with Crippen LogP contribution in [0, 0.1) is 5.92 Å². The topological polar surface area (TPSA) is 35.2 Å². The minimum Gasteiger partial charge on any atom is -0.406 e. The summed E-state index contributed by atoms with van der Waals surface area (Å²) in [5, 5.41) is 0. The van der Waals surface area contributed by atoms with Crippen molar-refractivity contribution in [3.05, 3.63) is 29.8 Å². The molecule has 1 saturated carbocycles. The monoisotopic (exact) mass is 287 g/mol. The molecule has 20 heavy (non-hydrogen) atoms. The van der Waals surface area contributed by atoms with Gasteiger partial charge in [-0.25, -0.2) is 0 Å². The molecule has 112 valence electrons. The van der Waals surface area contributed by atoms with Crippen molar-refractivity contribution in [2.24, 2.45) is 11.7 Å². The molecule has 0 heterocycles. The fourth-order valence-corrected chi connectivity index (χ4v) is 2.83. The van der Waals surface area contributed by atoms with Gasteiger partial charge in [-0.1, -0.05) is 31.9 Å². The van der Waals surface area contributed by atoms with Gasteiger partial charge in [0, 0.05) is 5.54 Å². The second kappa shape index (κ2) is 5.64. The van der Waals surface area contributed by atoms with Crippen LogP contribution in [0.3, 0.4) is 0 Å². The predicted octanol–water partition coefficient (Wildman–Crippen LogP) is 4.34. The Morgan fingerprint density at radius 1 is 1.25 bits per heavy atom. The largest absolute Gasteiger partial charge is 0.573 e. The van der Waals surface area contributed by atoms with Crippen LogP contribution in [0.15, 0.2) is 24.3 Å². The van der Waals surface area contributed by atoms with E-state index in [1.54, 1.807) is 12.1 Å². The molecule has 0 saturated heterocycles. The maximum absolute atomic E-state index is 12.3. The number of hydrogen-bond donors (Lipinski definition) is 1. The highest BCUT2D eigenvalue weighted by molar-refractivity contribution is 5.33. The second-order valence-electron chi connectivity index (χ2n) is 5.77. The lowest BCUT2D eigenvalue weighted by atomic mass is 9.83. The van der Waals surface area contributed by atoms with Crippen LogP contribution in [0.4, 0.5) is 13.2 Å². The number of alkyl halides is 3. The Morgan fingerprint density at radius 3 is 2.70 bits per heavy atom. The summed E-state index contributed by atoms with van der Waals surface area (Å²) in [6.45, 7) is 2.19. The van der Waals surface area contributed by atoms with Gasteiger partial charge in [-0.2, -0.15) is 0 Å². The molecule has 0 aromatic heterocycles. The normalized spacial score (nSPS) is 27.9. The Hall–Kier alpha value is -1.23. The van der Waals surface area contributed by atoms with Crippen molar-refractivity contribution < 1.29 is 17.9 Å². The molecule has 2 unspecified atom stereocenters. The zero-order valence-electron chi connectivity index (χ0n) is 11.5. The van der Waals surface area contributed by atoms with Crippen molar-refractivity contribution in [1.82, 2.24) is 0 Å². The lowest BCUT2D eigenvalue weighted by molar-refractivity contribution is -0.274. The Labute approximate surface area is 117 Å². The summed E-state index contributed by atoms with van der Waals surface area (Å²) in [4.78, 5) is 0. The third kappa shape index (κ3) is 3.88. The SMILES string of the molecule is CC1CCCC(N)(c2cccc(OC(F)(F)F)c2)CC1. The molecule has 0 radical (unpaired) electrons. The molecule has 2 rings (SSSR count). The minimum atomic E-state index is -4.67. The minimum absolute atomic E-state index is 0.197. The van der Waals surface area contributed by atoms with Gasteiger partial charge < -0.3 is 10.5 Å². The van der Waals surface area contributed by atoms with E-state index in [4.69, 9.17) is 5.73 Å². The molecule has 1 aliphatic rings. The van der Waals surface area contributed by atoms with Gasteiger partial charge in [0.15, 0.2) is 0 Å². The van der Waals surface area contributed by atoms with Gasteiger partial charge in [0.2, 0.25) is 0 Å². The molecule has 5 heteroatoms. The average Bonchev–Trinajstić information content (AvgIpc) is 2.51. The van der Waals surface area contributed by atoms with Crippen molar-refractivity contribution in [2.75, 3.05) is 0 Å². The molecule has 2 nitrogen and oxygen atoms in total. The highest BCUT2D eigenvalue weighted by Gasteiger charge is 2.33. The molecule has 1 fully saturated rings. The van der Waals surface area contributed by atoms with Crippen molar-refractivity contribution in [1.29, 1.82) is 0 Å². The van der Waals surface area contributed by atoms with Gasteiger partial charge in [0.1, 0.15) is 5.75 Å². The highest BCUT2D eigenvalue weighted by atomic mass is 19.4. The number of benzene rings is 1. The number of hydrogen-bond acceptors (Lipinski definition) is 2. The molecular weight excluding hydrogens is 267 g/mol. The van der Waals surface area contributed by atoms with Gasteiger partial charge in [-0.15, -0.1) is 13.2 Å². The van der Waals surface area contributed by atoms with E-state index in [1.165, 1.54) is 12.1 Å². The van der Waals surface area contributed by atoms with E-state index in [2.05, 4.69) is 11.7 Å². The summed E-state index contributed by atoms with van der Waals surface area (Å²) in [5.74, 6) is 0.423. The Balaban J connectivity index is 2.21. The second-order valence-corrected chi connectivity index (χ2v) is 5.77. The smallest absolute Gasteiger partial charge is 0.406 e. The van der Waals surface area contributed by atoms with Crippen LogP contribution in [0.1, 0.15) is 44.6 Å². The predicted molar refractivity (Wildman–Crippen MR) is 71.2 cm³/mol. The molecule has 2 atom stereocenters. The molecule has 1 aliphatic carbocycles. The Kier molecular flexibility index (Phi) is 4.28. The van der Waals surface area contributed by atoms with Crippen molar-refractivity contribution in [3.63, 3.8) is 0 Å². The van der Waals surface area contributed by atoms with Gasteiger partial charge in [0.25, 0.3) is 0 Å². The highest BCUT2D eigenvalue weighted by Crippen LogP contribution is 2.37. The fourth-order valence-electron chi connectivity index (χ4n) is 2.83. The first kappa shape index (κ1) is 15.2. The van der Waals surface area contributed by atoms with Crippen LogP contribution in [0.5, 0.6) is 5.75 Å². The molecule has 1 aromatic carbocycles. The first-order valence-corrected chi connectivity index (χ1v) is 6.94. The van der Waals surface area contributed by atoms with Gasteiger partial charge in [-0.3, -0.25) is 0 Å². The summed E-state index contributed by atoms with van der Waals surface area (Å²) >= 11 is 0. The van der Waals surface area contributed by atoms with Gasteiger partial charge in [0.05, 0.1) is 0 Å². The zero-order valence-corrected chi connectivity index (χ0v) is 11.5. The summed E-state index contributed by atoms with van der Waals surface area (Å²) in [6, 6.07) is 6.09. The maximum atomic E-state index is 12.3. The van der Waals surface area contributed by atoms with Gasteiger partial charge in [-0.05, 0) is 42.9 Å². The molecule has 0 aliphatic heterocycles. The van der Waals surface area contributed by atoms with E-state index in [0.717, 1.165) is 37.7 Å². The van der Waals surface area contributed by atoms with Crippen LogP contribution in [-0.2, 0) is 5.54 Å². The molecular formula is C15H20F3NO. The summed E-state index contributed by atoms with van der Waals surface area (Å²) < 4.78 is 40.8. The van der Waals surface area contributed by atoms with Crippen LogP contribution in [-0.4, -0.2) is 6.36 Å². The van der Waals surface area contributed by atoms with Crippen LogP contribution in [0.25, 0.3) is 0 Å². The van der Waals surface area contributed by atoms with E-state index in [1.807, 2.05) is 0 Å². The van der Waals surface area contributed by atoms with Crippen LogP contribution in [0.2, 0.25) is 0 Å². The molecule has 0 bridgehead atoms. The Bertz CT molecular complexity index is 461. The summed E-state index contributed by atoms with van der Waals surface area (Å²) in [5.41, 5.74) is 6.62. The summed E-state index contributed by atoms with van der Waals surface area (Å²) in [6.07, 6.45) is 0.0510. The van der Waals surface area contributed by atoms with E-state index < -0.39 is 11.9 Å². The van der Waals surface area contributed by atoms with E-state index in [9.17, 15) is 13.2 Å². The standard InChI is InChI=1S/C15H20F3NO/c1-11-4-3-8-14(19,9-7-11)12-5-2-6-13(10-12)20-15(16,17)18/h2,5-6,10-11H,3-4,7-9,19H2,1H3. The quantitative estimate of drug-likeness (QED) is 0.821. The van der Waals surface area contributed by atoms with Crippen LogP contribution >= 0.6 is 0 Å². The number of rotatable bonds is 2. The zero-order chi connectivity index (χ0) is 14.8. The molecule has 1 aromatic rings. The fraction of sp³-hybridized carbons (Fsp3) is 0.600. The molecule has 2 N–H and O–H groups in total. The molecule has 0 amide bonds. The van der Waals surface area contributed by atoms with E-state index in [-0.39, 0.29) is 5.75 Å². The third-order valence-corrected chi connectivity index (χ3v) is 4.05. The van der Waals surface area contributed by atoms with E-state index in [0.29, 0.717) is 5.92 Å². The van der Waals surface area contributed by atoms with Crippen LogP contribution < -0.4 is 10.5 Å². The van der Waals surface area contributed by atoms with Crippen molar-refractivity contribution in [3.8, 4) is 5.75 Å². The number of nitrogens with two attached hydrogens (primary N) is 1. The van der Waals surface area contributed by atoms with Crippen molar-refractivity contribution in [2.45, 2.75) is 50.9 Å². The molecule has 0 spiro atoms. The van der Waals surface area contributed by atoms with Gasteiger partial charge >= 0.3 is 6.36 Å².